The van der Waals surface area contributed by atoms with Crippen molar-refractivity contribution in [2.75, 3.05) is 7.05 Å². The first kappa shape index (κ1) is 19.8. The van der Waals surface area contributed by atoms with E-state index in [9.17, 15) is 8.42 Å². The van der Waals surface area contributed by atoms with Gasteiger partial charge in [0.15, 0.2) is 0 Å². The summed E-state index contributed by atoms with van der Waals surface area (Å²) < 4.78 is 30.7. The zero-order valence-corrected chi connectivity index (χ0v) is 18.1. The van der Waals surface area contributed by atoms with Crippen molar-refractivity contribution in [1.29, 1.82) is 0 Å². The van der Waals surface area contributed by atoms with Crippen molar-refractivity contribution in [3.63, 3.8) is 0 Å². The Hall–Kier alpha value is -3.16. The van der Waals surface area contributed by atoms with Crippen molar-refractivity contribution in [2.24, 2.45) is 0 Å². The molecule has 0 unspecified atom stereocenters. The lowest BCUT2D eigenvalue weighted by Gasteiger charge is -2.13. The fourth-order valence-corrected chi connectivity index (χ4v) is 5.47. The summed E-state index contributed by atoms with van der Waals surface area (Å²) in [5, 5.41) is 3.19. The van der Waals surface area contributed by atoms with E-state index in [0.29, 0.717) is 12.5 Å². The molecule has 0 amide bonds. The minimum Gasteiger partial charge on any atom is -0.324 e. The summed E-state index contributed by atoms with van der Waals surface area (Å²) in [5.74, 6) is 0.396. The van der Waals surface area contributed by atoms with Gasteiger partial charge in [-0.15, -0.1) is 0 Å². The van der Waals surface area contributed by atoms with Crippen molar-refractivity contribution >= 4 is 10.0 Å². The Balaban J connectivity index is 1.70. The van der Waals surface area contributed by atoms with Crippen LogP contribution in [-0.4, -0.2) is 29.0 Å². The van der Waals surface area contributed by atoms with Crippen molar-refractivity contribution < 1.29 is 8.42 Å². The third kappa shape index (κ3) is 3.60. The summed E-state index contributed by atoms with van der Waals surface area (Å²) in [6.07, 6.45) is 10.9. The molecule has 1 fully saturated rings. The summed E-state index contributed by atoms with van der Waals surface area (Å²) in [7, 11) is -1.89. The highest BCUT2D eigenvalue weighted by molar-refractivity contribution is 7.90. The molecule has 0 atom stereocenters. The van der Waals surface area contributed by atoms with Gasteiger partial charge in [0.05, 0.1) is 5.69 Å². The van der Waals surface area contributed by atoms with Gasteiger partial charge in [0.25, 0.3) is 10.0 Å². The predicted octanol–water partition coefficient (Wildman–Crippen LogP) is 4.17. The average Bonchev–Trinajstić information content (AvgIpc) is 3.33. The molecule has 1 aliphatic carbocycles. The smallest absolute Gasteiger partial charge is 0.269 e. The van der Waals surface area contributed by atoms with Crippen molar-refractivity contribution in [1.82, 2.24) is 18.8 Å². The maximum Gasteiger partial charge on any atom is 0.269 e. The molecule has 1 aliphatic rings. The fraction of sp³-hybridized carbons (Fsp3) is 0.208. The molecule has 1 N–H and O–H groups in total. The van der Waals surface area contributed by atoms with E-state index in [2.05, 4.69) is 10.3 Å². The van der Waals surface area contributed by atoms with Gasteiger partial charge in [0.2, 0.25) is 0 Å². The molecule has 0 spiro atoms. The van der Waals surface area contributed by atoms with Crippen LogP contribution in [0.2, 0.25) is 0 Å². The molecule has 1 aromatic carbocycles. The summed E-state index contributed by atoms with van der Waals surface area (Å²) in [6, 6.07) is 15.3. The standard InChI is InChI=1S/C24H24N4O2S/c1-25-15-20-17-28(31(29,30)22-5-4-12-26-16-22)24(23(20)18-6-7-18)19-8-10-21(11-9-19)27-13-2-3-14-27/h2-5,8-14,16-18,25H,6-7,15H2,1H3. The lowest BCUT2D eigenvalue weighted by Crippen LogP contribution is -2.14. The molecule has 0 saturated heterocycles. The van der Waals surface area contributed by atoms with E-state index >= 15 is 0 Å². The van der Waals surface area contributed by atoms with Crippen LogP contribution in [0, 0.1) is 0 Å². The molecule has 1 saturated carbocycles. The molecular formula is C24H24N4O2S. The Labute approximate surface area is 182 Å². The lowest BCUT2D eigenvalue weighted by atomic mass is 10.0. The van der Waals surface area contributed by atoms with E-state index in [1.807, 2.05) is 60.4 Å². The first-order valence-electron chi connectivity index (χ1n) is 10.4. The monoisotopic (exact) mass is 432 g/mol. The first-order valence-corrected chi connectivity index (χ1v) is 11.8. The van der Waals surface area contributed by atoms with Crippen LogP contribution in [0.25, 0.3) is 16.9 Å². The van der Waals surface area contributed by atoms with Gasteiger partial charge >= 0.3 is 0 Å². The molecular weight excluding hydrogens is 408 g/mol. The van der Waals surface area contributed by atoms with Gasteiger partial charge in [-0.3, -0.25) is 4.98 Å². The summed E-state index contributed by atoms with van der Waals surface area (Å²) >= 11 is 0. The van der Waals surface area contributed by atoms with Gasteiger partial charge in [-0.1, -0.05) is 12.1 Å². The number of hydrogen-bond donors (Lipinski definition) is 1. The fourth-order valence-electron chi connectivity index (χ4n) is 4.09. The molecule has 5 rings (SSSR count). The number of aromatic nitrogens is 3. The minimum absolute atomic E-state index is 0.188. The molecule has 31 heavy (non-hydrogen) atoms. The Morgan fingerprint density at radius 3 is 2.42 bits per heavy atom. The number of nitrogens with one attached hydrogen (secondary N) is 1. The molecule has 3 aromatic heterocycles. The van der Waals surface area contributed by atoms with E-state index in [0.717, 1.165) is 40.9 Å². The van der Waals surface area contributed by atoms with E-state index in [1.54, 1.807) is 24.5 Å². The molecule has 158 valence electrons. The van der Waals surface area contributed by atoms with Crippen LogP contribution < -0.4 is 5.32 Å². The number of rotatable bonds is 7. The highest BCUT2D eigenvalue weighted by Crippen LogP contribution is 2.47. The Bertz CT molecular complexity index is 1290. The lowest BCUT2D eigenvalue weighted by molar-refractivity contribution is 0.587. The van der Waals surface area contributed by atoms with Gasteiger partial charge in [0.1, 0.15) is 4.90 Å². The first-order chi connectivity index (χ1) is 15.1. The second-order valence-electron chi connectivity index (χ2n) is 7.85. The Morgan fingerprint density at radius 1 is 1.06 bits per heavy atom. The van der Waals surface area contributed by atoms with Gasteiger partial charge in [-0.05, 0) is 78.9 Å². The normalized spacial score (nSPS) is 14.1. The second kappa shape index (κ2) is 7.83. The van der Waals surface area contributed by atoms with E-state index in [1.165, 1.54) is 10.2 Å². The second-order valence-corrected chi connectivity index (χ2v) is 9.66. The quantitative estimate of drug-likeness (QED) is 0.476. The molecule has 7 heteroatoms. The highest BCUT2D eigenvalue weighted by atomic mass is 32.2. The third-order valence-corrected chi connectivity index (χ3v) is 7.33. The Morgan fingerprint density at radius 2 is 1.81 bits per heavy atom. The van der Waals surface area contributed by atoms with Crippen LogP contribution in [0.4, 0.5) is 0 Å². The van der Waals surface area contributed by atoms with Crippen LogP contribution in [0.1, 0.15) is 29.9 Å². The average molecular weight is 433 g/mol. The zero-order valence-electron chi connectivity index (χ0n) is 17.3. The molecule has 3 heterocycles. The van der Waals surface area contributed by atoms with Gasteiger partial charge in [-0.2, -0.15) is 0 Å². The highest BCUT2D eigenvalue weighted by Gasteiger charge is 2.34. The number of pyridine rings is 1. The summed E-state index contributed by atoms with van der Waals surface area (Å²) in [4.78, 5) is 4.21. The molecule has 4 aromatic rings. The van der Waals surface area contributed by atoms with Crippen LogP contribution in [0.5, 0.6) is 0 Å². The Kier molecular flexibility index (Phi) is 5.00. The predicted molar refractivity (Wildman–Crippen MR) is 121 cm³/mol. The van der Waals surface area contributed by atoms with Crippen LogP contribution >= 0.6 is 0 Å². The van der Waals surface area contributed by atoms with Crippen LogP contribution in [-0.2, 0) is 16.6 Å². The maximum atomic E-state index is 13.6. The van der Waals surface area contributed by atoms with Gasteiger partial charge in [0, 0.05) is 43.2 Å². The topological polar surface area (TPSA) is 68.9 Å². The summed E-state index contributed by atoms with van der Waals surface area (Å²) in [6.45, 7) is 0.621. The molecule has 0 bridgehead atoms. The minimum atomic E-state index is -3.78. The third-order valence-electron chi connectivity index (χ3n) is 5.68. The van der Waals surface area contributed by atoms with Crippen LogP contribution in [0.15, 0.2) is 84.4 Å². The zero-order chi connectivity index (χ0) is 21.4. The largest absolute Gasteiger partial charge is 0.324 e. The SMILES string of the molecule is CNCc1cn(S(=O)(=O)c2cccnc2)c(-c2ccc(-n3cccc3)cc2)c1C1CC1. The van der Waals surface area contributed by atoms with Crippen molar-refractivity contribution in [3.8, 4) is 16.9 Å². The summed E-state index contributed by atoms with van der Waals surface area (Å²) in [5.41, 5.74) is 4.85. The van der Waals surface area contributed by atoms with Crippen molar-refractivity contribution in [3.05, 3.63) is 90.6 Å². The maximum absolute atomic E-state index is 13.6. The molecule has 6 nitrogen and oxygen atoms in total. The van der Waals surface area contributed by atoms with Crippen molar-refractivity contribution in [2.45, 2.75) is 30.2 Å². The molecule has 0 aliphatic heterocycles. The van der Waals surface area contributed by atoms with Crippen LogP contribution in [0.3, 0.4) is 0 Å². The number of benzene rings is 1. The van der Waals surface area contributed by atoms with E-state index < -0.39 is 10.0 Å². The van der Waals surface area contributed by atoms with Gasteiger partial charge < -0.3 is 9.88 Å². The van der Waals surface area contributed by atoms with E-state index in [4.69, 9.17) is 0 Å². The number of hydrogen-bond acceptors (Lipinski definition) is 4. The molecule has 0 radical (unpaired) electrons. The van der Waals surface area contributed by atoms with E-state index in [-0.39, 0.29) is 4.90 Å². The van der Waals surface area contributed by atoms with Gasteiger partial charge in [-0.25, -0.2) is 12.4 Å². The number of nitrogens with zero attached hydrogens (tertiary/aromatic N) is 3.